The summed E-state index contributed by atoms with van der Waals surface area (Å²) >= 11 is 0. The number of amides is 2. The van der Waals surface area contributed by atoms with Gasteiger partial charge >= 0.3 is 12.0 Å². The monoisotopic (exact) mass is 390 g/mol. The van der Waals surface area contributed by atoms with Crippen molar-refractivity contribution in [1.82, 2.24) is 5.32 Å². The van der Waals surface area contributed by atoms with Gasteiger partial charge in [-0.1, -0.05) is 12.1 Å². The second-order valence-corrected chi connectivity index (χ2v) is 6.49. The molecule has 3 rings (SSSR count). The number of nitrogens with one attached hydrogen (secondary N) is 2. The molecule has 0 saturated heterocycles. The minimum atomic E-state index is -1.07. The molecule has 1 saturated carbocycles. The average molecular weight is 390 g/mol. The van der Waals surface area contributed by atoms with Crippen LogP contribution in [0, 0.1) is 17.6 Å². The number of ether oxygens (including phenoxy) is 2. The van der Waals surface area contributed by atoms with Crippen molar-refractivity contribution in [3.8, 4) is 5.75 Å². The van der Waals surface area contributed by atoms with Gasteiger partial charge in [-0.3, -0.25) is 0 Å². The van der Waals surface area contributed by atoms with Crippen LogP contribution in [-0.4, -0.2) is 26.2 Å². The summed E-state index contributed by atoms with van der Waals surface area (Å²) in [5, 5.41) is 5.16. The maximum Gasteiger partial charge on any atom is 0.340 e. The lowest BCUT2D eigenvalue weighted by Crippen LogP contribution is -2.34. The summed E-state index contributed by atoms with van der Waals surface area (Å²) in [6.07, 6.45) is 1.93. The van der Waals surface area contributed by atoms with Crippen molar-refractivity contribution in [3.63, 3.8) is 0 Å². The fourth-order valence-electron chi connectivity index (χ4n) is 2.92. The van der Waals surface area contributed by atoms with Crippen LogP contribution in [0.25, 0.3) is 0 Å². The van der Waals surface area contributed by atoms with E-state index in [-0.39, 0.29) is 17.6 Å². The molecule has 2 aromatic rings. The summed E-state index contributed by atoms with van der Waals surface area (Å²) in [6, 6.07) is 7.84. The lowest BCUT2D eigenvalue weighted by atomic mass is 10.0. The molecule has 148 valence electrons. The number of carbonyl (C=O) groups excluding carboxylic acids is 2. The van der Waals surface area contributed by atoms with Gasteiger partial charge in [-0.25, -0.2) is 18.4 Å². The molecule has 2 amide bonds. The zero-order chi connectivity index (χ0) is 20.3. The summed E-state index contributed by atoms with van der Waals surface area (Å²) < 4.78 is 37.4. The molecule has 0 bridgehead atoms. The minimum absolute atomic E-state index is 0.255. The van der Waals surface area contributed by atoms with Crippen LogP contribution in [0.4, 0.5) is 19.3 Å². The smallest absolute Gasteiger partial charge is 0.340 e. The number of benzene rings is 2. The van der Waals surface area contributed by atoms with Crippen molar-refractivity contribution < 1.29 is 27.8 Å². The van der Waals surface area contributed by atoms with Gasteiger partial charge < -0.3 is 20.1 Å². The van der Waals surface area contributed by atoms with Crippen LogP contribution in [0.5, 0.6) is 5.75 Å². The molecular formula is C20H20F2N2O4. The second kappa shape index (κ2) is 8.24. The van der Waals surface area contributed by atoms with Gasteiger partial charge in [0.05, 0.1) is 31.5 Å². The largest absolute Gasteiger partial charge is 0.497 e. The molecule has 1 atom stereocenters. The Balaban J connectivity index is 1.75. The first-order valence-electron chi connectivity index (χ1n) is 8.71. The highest BCUT2D eigenvalue weighted by Gasteiger charge is 2.33. The first-order chi connectivity index (χ1) is 13.4. The van der Waals surface area contributed by atoms with Gasteiger partial charge in [0.1, 0.15) is 17.4 Å². The number of hydrogen-bond donors (Lipinski definition) is 2. The molecule has 2 aromatic carbocycles. The van der Waals surface area contributed by atoms with E-state index in [2.05, 4.69) is 15.4 Å². The maximum atomic E-state index is 14.0. The van der Waals surface area contributed by atoms with E-state index in [1.807, 2.05) is 12.1 Å². The first-order valence-corrected chi connectivity index (χ1v) is 8.71. The van der Waals surface area contributed by atoms with Crippen LogP contribution in [0.2, 0.25) is 0 Å². The van der Waals surface area contributed by atoms with Crippen LogP contribution in [0.3, 0.4) is 0 Å². The van der Waals surface area contributed by atoms with E-state index >= 15 is 0 Å². The quantitative estimate of drug-likeness (QED) is 0.730. The van der Waals surface area contributed by atoms with Gasteiger partial charge in [-0.15, -0.1) is 0 Å². The van der Waals surface area contributed by atoms with E-state index in [1.54, 1.807) is 19.2 Å². The van der Waals surface area contributed by atoms with Gasteiger partial charge in [-0.2, -0.15) is 0 Å². The highest BCUT2D eigenvalue weighted by atomic mass is 19.1. The van der Waals surface area contributed by atoms with Crippen LogP contribution in [-0.2, 0) is 4.74 Å². The van der Waals surface area contributed by atoms with Crippen molar-refractivity contribution >= 4 is 17.7 Å². The highest BCUT2D eigenvalue weighted by molar-refractivity contribution is 5.94. The van der Waals surface area contributed by atoms with Crippen molar-refractivity contribution in [2.45, 2.75) is 18.9 Å². The van der Waals surface area contributed by atoms with E-state index in [0.29, 0.717) is 11.8 Å². The Morgan fingerprint density at radius 1 is 1.07 bits per heavy atom. The van der Waals surface area contributed by atoms with Crippen molar-refractivity contribution in [1.29, 1.82) is 0 Å². The SMILES string of the molecule is COC(=O)c1cc(NC(=O)NC(c2ccc(OC)cc2)C2CC2)c(F)cc1F. The summed E-state index contributed by atoms with van der Waals surface area (Å²) in [5.41, 5.74) is 0.116. The first kappa shape index (κ1) is 19.6. The normalized spacial score (nSPS) is 14.1. The molecule has 1 unspecified atom stereocenters. The van der Waals surface area contributed by atoms with Crippen molar-refractivity contribution in [2.75, 3.05) is 19.5 Å². The zero-order valence-electron chi connectivity index (χ0n) is 15.4. The lowest BCUT2D eigenvalue weighted by molar-refractivity contribution is 0.0595. The minimum Gasteiger partial charge on any atom is -0.497 e. The topological polar surface area (TPSA) is 76.7 Å². The Hall–Kier alpha value is -3.16. The molecule has 0 radical (unpaired) electrons. The summed E-state index contributed by atoms with van der Waals surface area (Å²) in [4.78, 5) is 24.0. The molecule has 1 aliphatic carbocycles. The molecule has 1 aliphatic rings. The summed E-state index contributed by atoms with van der Waals surface area (Å²) in [6.45, 7) is 0. The van der Waals surface area contributed by atoms with Gasteiger partial charge in [0.2, 0.25) is 0 Å². The predicted octanol–water partition coefficient (Wildman–Crippen LogP) is 4.03. The highest BCUT2D eigenvalue weighted by Crippen LogP contribution is 2.41. The summed E-state index contributed by atoms with van der Waals surface area (Å²) in [5.74, 6) is -2.04. The molecular weight excluding hydrogens is 370 g/mol. The Kier molecular flexibility index (Phi) is 5.77. The fourth-order valence-corrected chi connectivity index (χ4v) is 2.92. The molecule has 0 aromatic heterocycles. The van der Waals surface area contributed by atoms with Crippen molar-refractivity contribution in [3.05, 3.63) is 59.2 Å². The standard InChI is InChI=1S/C20H20F2N2O4/c1-27-13-7-5-12(6-8-13)18(11-3-4-11)24-20(26)23-17-9-14(19(25)28-2)15(21)10-16(17)22/h5-11,18H,3-4H2,1-2H3,(H2,23,24,26). The molecule has 0 aliphatic heterocycles. The van der Waals surface area contributed by atoms with Gasteiger partial charge in [0, 0.05) is 6.07 Å². The van der Waals surface area contributed by atoms with Crippen LogP contribution < -0.4 is 15.4 Å². The fraction of sp³-hybridized carbons (Fsp3) is 0.300. The van der Waals surface area contributed by atoms with E-state index < -0.39 is 29.2 Å². The Labute approximate surface area is 160 Å². The predicted molar refractivity (Wildman–Crippen MR) is 98.3 cm³/mol. The number of anilines is 1. The van der Waals surface area contributed by atoms with Gasteiger partial charge in [0.25, 0.3) is 0 Å². The molecule has 0 spiro atoms. The zero-order valence-corrected chi connectivity index (χ0v) is 15.4. The van der Waals surface area contributed by atoms with Crippen LogP contribution >= 0.6 is 0 Å². The third-order valence-corrected chi connectivity index (χ3v) is 4.57. The molecule has 8 heteroatoms. The summed E-state index contributed by atoms with van der Waals surface area (Å²) in [7, 11) is 2.65. The number of carbonyl (C=O) groups is 2. The van der Waals surface area contributed by atoms with E-state index in [9.17, 15) is 18.4 Å². The molecule has 2 N–H and O–H groups in total. The Bertz CT molecular complexity index is 883. The number of halogens is 2. The second-order valence-electron chi connectivity index (χ2n) is 6.49. The van der Waals surface area contributed by atoms with E-state index in [4.69, 9.17) is 4.74 Å². The number of esters is 1. The Morgan fingerprint density at radius 2 is 1.75 bits per heavy atom. The van der Waals surface area contributed by atoms with Gasteiger partial charge in [-0.05, 0) is 42.5 Å². The van der Waals surface area contributed by atoms with Crippen LogP contribution in [0.15, 0.2) is 36.4 Å². The van der Waals surface area contributed by atoms with E-state index in [0.717, 1.165) is 31.6 Å². The van der Waals surface area contributed by atoms with Gasteiger partial charge in [0.15, 0.2) is 0 Å². The molecule has 6 nitrogen and oxygen atoms in total. The molecule has 28 heavy (non-hydrogen) atoms. The molecule has 0 heterocycles. The van der Waals surface area contributed by atoms with E-state index in [1.165, 1.54) is 0 Å². The average Bonchev–Trinajstić information content (AvgIpc) is 3.53. The molecule has 1 fully saturated rings. The maximum absolute atomic E-state index is 14.0. The third-order valence-electron chi connectivity index (χ3n) is 4.57. The number of hydrogen-bond acceptors (Lipinski definition) is 4. The van der Waals surface area contributed by atoms with Crippen molar-refractivity contribution in [2.24, 2.45) is 5.92 Å². The lowest BCUT2D eigenvalue weighted by Gasteiger charge is -2.20. The number of urea groups is 1. The van der Waals surface area contributed by atoms with Crippen LogP contribution in [0.1, 0.15) is 34.8 Å². The number of rotatable bonds is 6. The third kappa shape index (κ3) is 4.39. The number of methoxy groups -OCH3 is 2. The Morgan fingerprint density at radius 3 is 2.32 bits per heavy atom.